The van der Waals surface area contributed by atoms with E-state index in [1.54, 1.807) is 0 Å². The van der Waals surface area contributed by atoms with E-state index in [-0.39, 0.29) is 11.5 Å². The third-order valence-electron chi connectivity index (χ3n) is 2.59. The molecule has 0 saturated carbocycles. The van der Waals surface area contributed by atoms with Crippen LogP contribution in [0.25, 0.3) is 0 Å². The maximum atomic E-state index is 12.8. The van der Waals surface area contributed by atoms with Crippen molar-refractivity contribution in [3.05, 3.63) is 17.8 Å². The predicted molar refractivity (Wildman–Crippen MR) is 60.7 cm³/mol. The molecule has 2 heterocycles. The van der Waals surface area contributed by atoms with Crippen molar-refractivity contribution >= 4 is 17.4 Å². The molecule has 1 fully saturated rings. The first-order valence-electron chi connectivity index (χ1n) is 5.56. The Bertz CT molecular complexity index is 535. The molecular weight excluding hydrogens is 285 g/mol. The summed E-state index contributed by atoms with van der Waals surface area (Å²) in [6.45, 7) is -0.257. The lowest BCUT2D eigenvalue weighted by atomic mass is 10.1. The molecule has 1 amide bonds. The van der Waals surface area contributed by atoms with E-state index in [0.29, 0.717) is 6.07 Å². The van der Waals surface area contributed by atoms with Crippen LogP contribution in [0.4, 0.5) is 33.5 Å². The summed E-state index contributed by atoms with van der Waals surface area (Å²) < 4.78 is 63.6. The fourth-order valence-electron chi connectivity index (χ4n) is 1.77. The number of amides is 1. The summed E-state index contributed by atoms with van der Waals surface area (Å²) in [5.41, 5.74) is -1.38. The van der Waals surface area contributed by atoms with Crippen LogP contribution in [0.3, 0.4) is 0 Å². The van der Waals surface area contributed by atoms with Crippen LogP contribution in [-0.4, -0.2) is 29.9 Å². The summed E-state index contributed by atoms with van der Waals surface area (Å²) in [7, 11) is 0. The van der Waals surface area contributed by atoms with E-state index < -0.39 is 36.8 Å². The Morgan fingerprint density at radius 1 is 1.35 bits per heavy atom. The van der Waals surface area contributed by atoms with Gasteiger partial charge in [0.1, 0.15) is 11.5 Å². The van der Waals surface area contributed by atoms with Gasteiger partial charge in [0, 0.05) is 18.7 Å². The molecule has 2 rings (SSSR count). The van der Waals surface area contributed by atoms with Crippen molar-refractivity contribution in [1.29, 1.82) is 0 Å². The molecule has 1 aromatic rings. The number of pyridine rings is 1. The second-order valence-corrected chi connectivity index (χ2v) is 4.49. The zero-order valence-corrected chi connectivity index (χ0v) is 10.3. The molecule has 0 atom stereocenters. The maximum Gasteiger partial charge on any atom is 0.433 e. The minimum Gasteiger partial charge on any atom is -0.344 e. The molecule has 1 N–H and O–H groups in total. The van der Waals surface area contributed by atoms with Gasteiger partial charge in [0.2, 0.25) is 5.91 Å². The molecule has 9 heteroatoms. The second-order valence-electron chi connectivity index (χ2n) is 4.49. The van der Waals surface area contributed by atoms with Crippen LogP contribution >= 0.6 is 0 Å². The summed E-state index contributed by atoms with van der Waals surface area (Å²) in [6.07, 6.45) is -4.73. The first-order chi connectivity index (χ1) is 9.07. The van der Waals surface area contributed by atoms with Crippen LogP contribution in [0.5, 0.6) is 0 Å². The van der Waals surface area contributed by atoms with Crippen molar-refractivity contribution in [2.45, 2.75) is 19.0 Å². The van der Waals surface area contributed by atoms with E-state index in [0.717, 1.165) is 17.9 Å². The van der Waals surface area contributed by atoms with Crippen molar-refractivity contribution in [3.63, 3.8) is 0 Å². The number of alkyl halides is 5. The van der Waals surface area contributed by atoms with Gasteiger partial charge in [-0.2, -0.15) is 13.2 Å². The topological polar surface area (TPSA) is 45.2 Å². The fraction of sp³-hybridized carbons (Fsp3) is 0.455. The largest absolute Gasteiger partial charge is 0.433 e. The number of carbonyl (C=O) groups is 1. The number of anilines is 2. The Morgan fingerprint density at radius 2 is 1.95 bits per heavy atom. The van der Waals surface area contributed by atoms with Gasteiger partial charge in [-0.1, -0.05) is 0 Å². The van der Waals surface area contributed by atoms with Gasteiger partial charge in [-0.05, 0) is 6.07 Å². The SMILES string of the molecule is CC(=O)Nc1cc(N2CC(F)(F)C2)nc(C(F)(F)F)c1. The summed E-state index contributed by atoms with van der Waals surface area (Å²) >= 11 is 0. The monoisotopic (exact) mass is 295 g/mol. The Kier molecular flexibility index (Phi) is 3.31. The molecule has 1 aliphatic rings. The average molecular weight is 295 g/mol. The smallest absolute Gasteiger partial charge is 0.344 e. The molecule has 20 heavy (non-hydrogen) atoms. The number of rotatable bonds is 2. The number of nitrogens with zero attached hydrogens (tertiary/aromatic N) is 2. The van der Waals surface area contributed by atoms with Gasteiger partial charge in [0.15, 0.2) is 0 Å². The van der Waals surface area contributed by atoms with Crippen LogP contribution in [-0.2, 0) is 11.0 Å². The molecule has 0 spiro atoms. The number of carbonyl (C=O) groups excluding carboxylic acids is 1. The molecule has 1 saturated heterocycles. The Morgan fingerprint density at radius 3 is 2.40 bits per heavy atom. The van der Waals surface area contributed by atoms with Gasteiger partial charge in [0.25, 0.3) is 5.92 Å². The van der Waals surface area contributed by atoms with E-state index in [4.69, 9.17) is 0 Å². The zero-order valence-electron chi connectivity index (χ0n) is 10.3. The molecule has 0 bridgehead atoms. The Hall–Kier alpha value is -1.93. The summed E-state index contributed by atoms with van der Waals surface area (Å²) in [4.78, 5) is 15.2. The van der Waals surface area contributed by atoms with Crippen molar-refractivity contribution in [2.24, 2.45) is 0 Å². The molecule has 1 aliphatic heterocycles. The number of nitrogens with one attached hydrogen (secondary N) is 1. The van der Waals surface area contributed by atoms with Gasteiger partial charge >= 0.3 is 6.18 Å². The summed E-state index contributed by atoms with van der Waals surface area (Å²) in [5, 5.41) is 2.19. The lowest BCUT2D eigenvalue weighted by Gasteiger charge is -2.39. The molecule has 0 aromatic carbocycles. The van der Waals surface area contributed by atoms with Crippen molar-refractivity contribution in [1.82, 2.24) is 4.98 Å². The van der Waals surface area contributed by atoms with E-state index in [9.17, 15) is 26.7 Å². The lowest BCUT2D eigenvalue weighted by Crippen LogP contribution is -2.56. The van der Waals surface area contributed by atoms with E-state index >= 15 is 0 Å². The Labute approximate surface area is 110 Å². The summed E-state index contributed by atoms with van der Waals surface area (Å²) in [6, 6.07) is 1.79. The number of halogens is 5. The first kappa shape index (κ1) is 14.5. The predicted octanol–water partition coefficient (Wildman–Crippen LogP) is 2.51. The van der Waals surface area contributed by atoms with Gasteiger partial charge in [-0.3, -0.25) is 4.79 Å². The van der Waals surface area contributed by atoms with Gasteiger partial charge in [-0.25, -0.2) is 13.8 Å². The highest BCUT2D eigenvalue weighted by Crippen LogP contribution is 2.35. The van der Waals surface area contributed by atoms with Gasteiger partial charge in [-0.15, -0.1) is 0 Å². The number of hydrogen-bond donors (Lipinski definition) is 1. The Balaban J connectivity index is 2.34. The number of hydrogen-bond acceptors (Lipinski definition) is 3. The normalized spacial score (nSPS) is 17.6. The van der Waals surface area contributed by atoms with Crippen molar-refractivity contribution in [3.8, 4) is 0 Å². The quantitative estimate of drug-likeness (QED) is 0.853. The van der Waals surface area contributed by atoms with Gasteiger partial charge < -0.3 is 10.2 Å². The van der Waals surface area contributed by atoms with Crippen LogP contribution in [0.2, 0.25) is 0 Å². The zero-order chi connectivity index (χ0) is 15.1. The molecule has 1 aromatic heterocycles. The minimum atomic E-state index is -4.73. The van der Waals surface area contributed by atoms with Crippen molar-refractivity contribution < 1.29 is 26.7 Å². The number of aromatic nitrogens is 1. The van der Waals surface area contributed by atoms with Crippen LogP contribution in [0.15, 0.2) is 12.1 Å². The molecular formula is C11H10F5N3O. The third kappa shape index (κ3) is 3.14. The lowest BCUT2D eigenvalue weighted by molar-refractivity contribution is -0.141. The van der Waals surface area contributed by atoms with Crippen molar-refractivity contribution in [2.75, 3.05) is 23.3 Å². The van der Waals surface area contributed by atoms with Crippen LogP contribution < -0.4 is 10.2 Å². The molecule has 0 unspecified atom stereocenters. The van der Waals surface area contributed by atoms with E-state index in [2.05, 4.69) is 10.3 Å². The fourth-order valence-corrected chi connectivity index (χ4v) is 1.77. The second kappa shape index (κ2) is 4.57. The van der Waals surface area contributed by atoms with Crippen LogP contribution in [0.1, 0.15) is 12.6 Å². The molecule has 4 nitrogen and oxygen atoms in total. The van der Waals surface area contributed by atoms with E-state index in [1.165, 1.54) is 0 Å². The molecule has 0 radical (unpaired) electrons. The average Bonchev–Trinajstić information content (AvgIpc) is 2.23. The highest BCUT2D eigenvalue weighted by molar-refractivity contribution is 5.89. The molecule has 0 aliphatic carbocycles. The van der Waals surface area contributed by atoms with Crippen LogP contribution in [0, 0.1) is 0 Å². The van der Waals surface area contributed by atoms with Gasteiger partial charge in [0.05, 0.1) is 13.1 Å². The highest BCUT2D eigenvalue weighted by atomic mass is 19.4. The first-order valence-corrected chi connectivity index (χ1v) is 5.56. The summed E-state index contributed by atoms with van der Waals surface area (Å²) in [5.74, 6) is -3.73. The maximum absolute atomic E-state index is 12.8. The van der Waals surface area contributed by atoms with E-state index in [1.807, 2.05) is 0 Å². The highest BCUT2D eigenvalue weighted by Gasteiger charge is 2.45. The molecule has 110 valence electrons. The third-order valence-corrected chi connectivity index (χ3v) is 2.59. The standard InChI is InChI=1S/C11H10F5N3O/c1-6(20)17-7-2-8(11(14,15)16)18-9(3-7)19-4-10(12,13)5-19/h2-3H,4-5H2,1H3,(H,17,18,20). The minimum absolute atomic E-state index is 0.134.